The first-order valence-electron chi connectivity index (χ1n) is 6.79. The average Bonchev–Trinajstić information content (AvgIpc) is 3.23. The zero-order valence-electron chi connectivity index (χ0n) is 11.6. The van der Waals surface area contributed by atoms with Gasteiger partial charge in [0.1, 0.15) is 5.75 Å². The van der Waals surface area contributed by atoms with E-state index in [9.17, 15) is 0 Å². The van der Waals surface area contributed by atoms with Gasteiger partial charge in [-0.05, 0) is 49.9 Å². The maximum Gasteiger partial charge on any atom is 0.119 e. The lowest BCUT2D eigenvalue weighted by atomic mass is 10.2. The summed E-state index contributed by atoms with van der Waals surface area (Å²) < 4.78 is 5.16. The summed E-state index contributed by atoms with van der Waals surface area (Å²) in [4.78, 5) is 2.27. The summed E-state index contributed by atoms with van der Waals surface area (Å²) >= 11 is 0. The summed E-state index contributed by atoms with van der Waals surface area (Å²) in [5, 5.41) is 3.60. The van der Waals surface area contributed by atoms with E-state index < -0.39 is 0 Å². The van der Waals surface area contributed by atoms with Crippen molar-refractivity contribution in [3.63, 3.8) is 0 Å². The largest absolute Gasteiger partial charge is 0.497 e. The van der Waals surface area contributed by atoms with Crippen LogP contribution in [0.1, 0.15) is 19.8 Å². The Hall–Kier alpha value is -1.22. The van der Waals surface area contributed by atoms with E-state index in [4.69, 9.17) is 4.74 Å². The smallest absolute Gasteiger partial charge is 0.119 e. The van der Waals surface area contributed by atoms with Gasteiger partial charge in [0.05, 0.1) is 7.11 Å². The number of nitrogens with zero attached hydrogens (tertiary/aromatic N) is 1. The predicted molar refractivity (Wildman–Crippen MR) is 76.5 cm³/mol. The monoisotopic (exact) mass is 248 g/mol. The fourth-order valence-corrected chi connectivity index (χ4v) is 2.19. The average molecular weight is 248 g/mol. The number of hydrogen-bond donors (Lipinski definition) is 1. The van der Waals surface area contributed by atoms with Crippen LogP contribution >= 0.6 is 0 Å². The Morgan fingerprint density at radius 2 is 2.00 bits per heavy atom. The van der Waals surface area contributed by atoms with Gasteiger partial charge in [0.15, 0.2) is 0 Å². The van der Waals surface area contributed by atoms with Crippen LogP contribution in [0.25, 0.3) is 0 Å². The topological polar surface area (TPSA) is 24.5 Å². The third kappa shape index (κ3) is 3.64. The normalized spacial score (nSPS) is 16.4. The molecule has 2 rings (SSSR count). The Kier molecular flexibility index (Phi) is 4.48. The molecule has 18 heavy (non-hydrogen) atoms. The van der Waals surface area contributed by atoms with Crippen molar-refractivity contribution in [2.75, 3.05) is 32.1 Å². The van der Waals surface area contributed by atoms with Crippen molar-refractivity contribution in [1.82, 2.24) is 5.32 Å². The molecule has 0 amide bonds. The molecule has 1 atom stereocenters. The second-order valence-electron chi connectivity index (χ2n) is 5.20. The van der Waals surface area contributed by atoms with Gasteiger partial charge < -0.3 is 15.0 Å². The fraction of sp³-hybridized carbons (Fsp3) is 0.600. The molecule has 1 aromatic rings. The Labute approximate surface area is 110 Å². The molecule has 1 saturated carbocycles. The molecule has 0 bridgehead atoms. The van der Waals surface area contributed by atoms with Crippen molar-refractivity contribution in [2.45, 2.75) is 25.8 Å². The number of anilines is 1. The molecular formula is C15H24N2O. The molecule has 0 saturated heterocycles. The minimum Gasteiger partial charge on any atom is -0.497 e. The predicted octanol–water partition coefficient (Wildman–Crippen LogP) is 2.52. The van der Waals surface area contributed by atoms with E-state index in [1.165, 1.54) is 18.5 Å². The van der Waals surface area contributed by atoms with Crippen LogP contribution in [0.15, 0.2) is 24.3 Å². The van der Waals surface area contributed by atoms with Crippen molar-refractivity contribution in [2.24, 2.45) is 5.92 Å². The lowest BCUT2D eigenvalue weighted by molar-refractivity contribution is 0.415. The van der Waals surface area contributed by atoms with E-state index in [0.29, 0.717) is 6.04 Å². The summed E-state index contributed by atoms with van der Waals surface area (Å²) in [6.45, 7) is 4.37. The highest BCUT2D eigenvalue weighted by atomic mass is 16.5. The molecule has 3 heteroatoms. The van der Waals surface area contributed by atoms with Gasteiger partial charge >= 0.3 is 0 Å². The summed E-state index contributed by atoms with van der Waals surface area (Å²) in [5.74, 6) is 1.84. The number of nitrogens with one attached hydrogen (secondary N) is 1. The van der Waals surface area contributed by atoms with Gasteiger partial charge in [-0.2, -0.15) is 0 Å². The first-order valence-corrected chi connectivity index (χ1v) is 6.79. The molecule has 1 unspecified atom stereocenters. The molecular weight excluding hydrogens is 224 g/mol. The van der Waals surface area contributed by atoms with Crippen molar-refractivity contribution in [1.29, 1.82) is 0 Å². The standard InChI is InChI=1S/C15H24N2O/c1-12(13-4-5-13)16-10-11-17(2)14-6-8-15(18-3)9-7-14/h6-9,12-13,16H,4-5,10-11H2,1-3H3. The molecule has 1 aliphatic carbocycles. The second-order valence-corrected chi connectivity index (χ2v) is 5.20. The SMILES string of the molecule is COc1ccc(N(C)CCNC(C)C2CC2)cc1. The fourth-order valence-electron chi connectivity index (χ4n) is 2.19. The number of hydrogen-bond acceptors (Lipinski definition) is 3. The molecule has 1 aromatic carbocycles. The molecule has 1 aliphatic rings. The molecule has 0 aromatic heterocycles. The molecule has 100 valence electrons. The second kappa shape index (κ2) is 6.10. The van der Waals surface area contributed by atoms with Crippen LogP contribution in [0, 0.1) is 5.92 Å². The Bertz CT molecular complexity index is 359. The van der Waals surface area contributed by atoms with E-state index in [-0.39, 0.29) is 0 Å². The number of likely N-dealkylation sites (N-methyl/N-ethyl adjacent to an activating group) is 1. The molecule has 0 heterocycles. The summed E-state index contributed by atoms with van der Waals surface area (Å²) in [7, 11) is 3.83. The van der Waals surface area contributed by atoms with E-state index in [0.717, 1.165) is 24.8 Å². The van der Waals surface area contributed by atoms with E-state index in [1.807, 2.05) is 12.1 Å². The molecule has 3 nitrogen and oxygen atoms in total. The molecule has 1 N–H and O–H groups in total. The third-order valence-electron chi connectivity index (χ3n) is 3.76. The minimum atomic E-state index is 0.675. The van der Waals surface area contributed by atoms with Crippen LogP contribution in [0.4, 0.5) is 5.69 Å². The third-order valence-corrected chi connectivity index (χ3v) is 3.76. The van der Waals surface area contributed by atoms with Crippen LogP contribution in [-0.2, 0) is 0 Å². The highest BCUT2D eigenvalue weighted by Crippen LogP contribution is 2.32. The van der Waals surface area contributed by atoms with Gasteiger partial charge in [-0.15, -0.1) is 0 Å². The number of benzene rings is 1. The molecule has 0 radical (unpaired) electrons. The van der Waals surface area contributed by atoms with E-state index in [1.54, 1.807) is 7.11 Å². The van der Waals surface area contributed by atoms with Gasteiger partial charge in [0, 0.05) is 31.9 Å². The van der Waals surface area contributed by atoms with Crippen LogP contribution < -0.4 is 15.0 Å². The molecule has 0 aliphatic heterocycles. The highest BCUT2D eigenvalue weighted by molar-refractivity contribution is 5.48. The van der Waals surface area contributed by atoms with E-state index in [2.05, 4.69) is 36.3 Å². The summed E-state index contributed by atoms with van der Waals surface area (Å²) in [6, 6.07) is 8.89. The maximum absolute atomic E-state index is 5.16. The van der Waals surface area contributed by atoms with E-state index >= 15 is 0 Å². The van der Waals surface area contributed by atoms with Gasteiger partial charge in [-0.3, -0.25) is 0 Å². The van der Waals surface area contributed by atoms with Crippen molar-refractivity contribution < 1.29 is 4.74 Å². The number of rotatable bonds is 7. The van der Waals surface area contributed by atoms with Gasteiger partial charge in [-0.25, -0.2) is 0 Å². The van der Waals surface area contributed by atoms with Gasteiger partial charge in [0.2, 0.25) is 0 Å². The Morgan fingerprint density at radius 1 is 1.33 bits per heavy atom. The first kappa shape index (κ1) is 13.2. The van der Waals surface area contributed by atoms with Crippen LogP contribution in [0.3, 0.4) is 0 Å². The number of methoxy groups -OCH3 is 1. The first-order chi connectivity index (χ1) is 8.70. The Morgan fingerprint density at radius 3 is 2.56 bits per heavy atom. The molecule has 0 spiro atoms. The summed E-state index contributed by atoms with van der Waals surface area (Å²) in [5.41, 5.74) is 1.23. The zero-order chi connectivity index (χ0) is 13.0. The number of ether oxygens (including phenoxy) is 1. The lowest BCUT2D eigenvalue weighted by Crippen LogP contribution is -2.35. The quantitative estimate of drug-likeness (QED) is 0.802. The minimum absolute atomic E-state index is 0.675. The van der Waals surface area contributed by atoms with Crippen LogP contribution in [0.5, 0.6) is 5.75 Å². The van der Waals surface area contributed by atoms with Crippen LogP contribution in [0.2, 0.25) is 0 Å². The van der Waals surface area contributed by atoms with Gasteiger partial charge in [-0.1, -0.05) is 0 Å². The van der Waals surface area contributed by atoms with Crippen molar-refractivity contribution >= 4 is 5.69 Å². The maximum atomic E-state index is 5.16. The van der Waals surface area contributed by atoms with Gasteiger partial charge in [0.25, 0.3) is 0 Å². The lowest BCUT2D eigenvalue weighted by Gasteiger charge is -2.21. The highest BCUT2D eigenvalue weighted by Gasteiger charge is 2.27. The van der Waals surface area contributed by atoms with Crippen LogP contribution in [-0.4, -0.2) is 33.3 Å². The van der Waals surface area contributed by atoms with Crippen molar-refractivity contribution in [3.8, 4) is 5.75 Å². The molecule has 1 fully saturated rings. The van der Waals surface area contributed by atoms with Crippen molar-refractivity contribution in [3.05, 3.63) is 24.3 Å². The Balaban J connectivity index is 1.73. The zero-order valence-corrected chi connectivity index (χ0v) is 11.6. The summed E-state index contributed by atoms with van der Waals surface area (Å²) in [6.07, 6.45) is 2.81.